The number of benzene rings is 1. The summed E-state index contributed by atoms with van der Waals surface area (Å²) in [4.78, 5) is 33.2. The fraction of sp³-hybridized carbons (Fsp3) is 0.435. The number of carbonyl (C=O) groups excluding carboxylic acids is 2. The van der Waals surface area contributed by atoms with Gasteiger partial charge in [0.15, 0.2) is 0 Å². The lowest BCUT2D eigenvalue weighted by molar-refractivity contribution is -0.274. The molecular weight excluding hydrogens is 439 g/mol. The third kappa shape index (κ3) is 6.92. The van der Waals surface area contributed by atoms with Gasteiger partial charge in [0, 0.05) is 24.8 Å². The Kier molecular flexibility index (Phi) is 7.57. The molecule has 2 heterocycles. The average Bonchev–Trinajstić information content (AvgIpc) is 2.90. The van der Waals surface area contributed by atoms with Gasteiger partial charge in [0.1, 0.15) is 18.0 Å². The van der Waals surface area contributed by atoms with Crippen molar-refractivity contribution < 1.29 is 32.2 Å². The molecule has 10 heteroatoms. The molecule has 2 amide bonds. The van der Waals surface area contributed by atoms with Crippen molar-refractivity contribution in [2.75, 3.05) is 19.6 Å². The predicted octanol–water partition coefficient (Wildman–Crippen LogP) is 3.57. The highest BCUT2D eigenvalue weighted by Crippen LogP contribution is 2.23. The van der Waals surface area contributed by atoms with Gasteiger partial charge in [-0.05, 0) is 50.6 Å². The molecule has 1 saturated heterocycles. The van der Waals surface area contributed by atoms with Crippen LogP contribution in [0.3, 0.4) is 0 Å². The van der Waals surface area contributed by atoms with E-state index in [1.165, 1.54) is 29.2 Å². The molecule has 1 aromatic heterocycles. The first-order valence-corrected chi connectivity index (χ1v) is 10.5. The van der Waals surface area contributed by atoms with Crippen LogP contribution >= 0.6 is 0 Å². The summed E-state index contributed by atoms with van der Waals surface area (Å²) in [6.07, 6.45) is -5.24. The zero-order valence-electron chi connectivity index (χ0n) is 18.6. The Morgan fingerprint density at radius 2 is 1.85 bits per heavy atom. The molecule has 0 spiro atoms. The number of ether oxygens (including phenoxy) is 2. The number of alkyl halides is 3. The number of halogens is 3. The second kappa shape index (κ2) is 10.2. The summed E-state index contributed by atoms with van der Waals surface area (Å²) < 4.78 is 46.9. The van der Waals surface area contributed by atoms with Crippen molar-refractivity contribution in [2.45, 2.75) is 45.9 Å². The number of pyridine rings is 1. The molecule has 0 aliphatic carbocycles. The van der Waals surface area contributed by atoms with Crippen LogP contribution in [0.25, 0.3) is 0 Å². The first-order valence-electron chi connectivity index (χ1n) is 10.5. The minimum Gasteiger partial charge on any atom is -0.406 e. The van der Waals surface area contributed by atoms with Crippen LogP contribution in [0.1, 0.15) is 35.6 Å². The van der Waals surface area contributed by atoms with Crippen LogP contribution in [0.5, 0.6) is 5.75 Å². The first-order chi connectivity index (χ1) is 15.5. The van der Waals surface area contributed by atoms with Gasteiger partial charge < -0.3 is 19.3 Å². The van der Waals surface area contributed by atoms with Crippen LogP contribution in [-0.4, -0.2) is 64.7 Å². The Balaban J connectivity index is 1.72. The first kappa shape index (κ1) is 24.5. The van der Waals surface area contributed by atoms with E-state index in [9.17, 15) is 22.8 Å². The maximum absolute atomic E-state index is 13.0. The molecule has 7 nitrogen and oxygen atoms in total. The average molecular weight is 465 g/mol. The number of aryl methyl sites for hydroxylation is 1. The Hall–Kier alpha value is -3.14. The molecule has 0 radical (unpaired) electrons. The van der Waals surface area contributed by atoms with Gasteiger partial charge in [0.2, 0.25) is 5.91 Å². The number of aromatic nitrogens is 1. The molecule has 1 aliphatic rings. The van der Waals surface area contributed by atoms with Gasteiger partial charge in [-0.3, -0.25) is 9.59 Å². The lowest BCUT2D eigenvalue weighted by atomic mass is 10.2. The fourth-order valence-electron chi connectivity index (χ4n) is 3.53. The van der Waals surface area contributed by atoms with Crippen molar-refractivity contribution >= 4 is 11.8 Å². The molecule has 0 unspecified atom stereocenters. The molecule has 178 valence electrons. The largest absolute Gasteiger partial charge is 0.573 e. The quantitative estimate of drug-likeness (QED) is 0.652. The maximum Gasteiger partial charge on any atom is 0.573 e. The number of hydrogen-bond donors (Lipinski definition) is 0. The van der Waals surface area contributed by atoms with Crippen LogP contribution in [0.4, 0.5) is 13.2 Å². The number of carbonyl (C=O) groups is 2. The highest BCUT2D eigenvalue weighted by molar-refractivity contribution is 5.95. The van der Waals surface area contributed by atoms with E-state index in [-0.39, 0.29) is 55.5 Å². The lowest BCUT2D eigenvalue weighted by Gasteiger charge is -2.27. The number of hydrogen-bond acceptors (Lipinski definition) is 5. The molecule has 1 atom stereocenters. The van der Waals surface area contributed by atoms with Crippen molar-refractivity contribution in [2.24, 2.45) is 0 Å². The highest BCUT2D eigenvalue weighted by atomic mass is 19.4. The lowest BCUT2D eigenvalue weighted by Crippen LogP contribution is -2.42. The number of nitrogens with zero attached hydrogens (tertiary/aromatic N) is 3. The van der Waals surface area contributed by atoms with E-state index in [2.05, 4.69) is 9.72 Å². The molecule has 1 fully saturated rings. The second-order valence-corrected chi connectivity index (χ2v) is 8.11. The van der Waals surface area contributed by atoms with Crippen LogP contribution < -0.4 is 4.74 Å². The fourth-order valence-corrected chi connectivity index (χ4v) is 3.53. The van der Waals surface area contributed by atoms with Crippen molar-refractivity contribution in [1.29, 1.82) is 0 Å². The SMILES string of the molecule is Cc1cccc(C(=O)N2CC(=O)N(C(C)C)C[C@@H](OCc3ccc(OC(F)(F)F)cc3)C2)n1. The molecule has 3 rings (SSSR count). The van der Waals surface area contributed by atoms with E-state index < -0.39 is 12.5 Å². The second-order valence-electron chi connectivity index (χ2n) is 8.11. The van der Waals surface area contributed by atoms with E-state index in [1.54, 1.807) is 30.0 Å². The molecule has 1 aliphatic heterocycles. The molecular formula is C23H26F3N3O4. The smallest absolute Gasteiger partial charge is 0.406 e. The summed E-state index contributed by atoms with van der Waals surface area (Å²) in [7, 11) is 0. The summed E-state index contributed by atoms with van der Waals surface area (Å²) in [5.41, 5.74) is 1.57. The zero-order chi connectivity index (χ0) is 24.2. The topological polar surface area (TPSA) is 72.0 Å². The van der Waals surface area contributed by atoms with E-state index >= 15 is 0 Å². The summed E-state index contributed by atoms with van der Waals surface area (Å²) in [5.74, 6) is -0.870. The predicted molar refractivity (Wildman–Crippen MR) is 113 cm³/mol. The van der Waals surface area contributed by atoms with Gasteiger partial charge in [-0.15, -0.1) is 13.2 Å². The normalized spacial score (nSPS) is 17.3. The summed E-state index contributed by atoms with van der Waals surface area (Å²) >= 11 is 0. The summed E-state index contributed by atoms with van der Waals surface area (Å²) in [6, 6.07) is 10.4. The van der Waals surface area contributed by atoms with E-state index in [0.717, 1.165) is 0 Å². The Labute approximate surface area is 190 Å². The van der Waals surface area contributed by atoms with Crippen molar-refractivity contribution in [3.63, 3.8) is 0 Å². The zero-order valence-corrected chi connectivity index (χ0v) is 18.6. The van der Waals surface area contributed by atoms with E-state index in [0.29, 0.717) is 11.3 Å². The molecule has 0 bridgehead atoms. The van der Waals surface area contributed by atoms with Gasteiger partial charge in [-0.25, -0.2) is 4.98 Å². The molecule has 0 saturated carbocycles. The standard InChI is InChI=1S/C23H26F3N3O4/c1-15(2)29-12-19(32-14-17-7-9-18(10-8-17)33-23(24,25)26)11-28(13-21(29)30)22(31)20-6-4-5-16(3)27-20/h4-10,15,19H,11-14H2,1-3H3/t19-/m0/s1. The van der Waals surface area contributed by atoms with Crippen molar-refractivity contribution in [3.05, 3.63) is 59.4 Å². The van der Waals surface area contributed by atoms with Gasteiger partial charge in [-0.2, -0.15) is 0 Å². The molecule has 33 heavy (non-hydrogen) atoms. The van der Waals surface area contributed by atoms with Crippen LogP contribution in [0.2, 0.25) is 0 Å². The van der Waals surface area contributed by atoms with E-state index in [4.69, 9.17) is 4.74 Å². The van der Waals surface area contributed by atoms with E-state index in [1.807, 2.05) is 13.8 Å². The van der Waals surface area contributed by atoms with Crippen molar-refractivity contribution in [1.82, 2.24) is 14.8 Å². The summed E-state index contributed by atoms with van der Waals surface area (Å²) in [5, 5.41) is 0. The van der Waals surface area contributed by atoms with Gasteiger partial charge in [0.25, 0.3) is 5.91 Å². The van der Waals surface area contributed by atoms with Crippen LogP contribution in [-0.2, 0) is 16.1 Å². The highest BCUT2D eigenvalue weighted by Gasteiger charge is 2.33. The monoisotopic (exact) mass is 465 g/mol. The summed E-state index contributed by atoms with van der Waals surface area (Å²) in [6.45, 7) is 6.02. The molecule has 1 aromatic carbocycles. The Morgan fingerprint density at radius 1 is 1.15 bits per heavy atom. The Morgan fingerprint density at radius 3 is 2.45 bits per heavy atom. The van der Waals surface area contributed by atoms with Crippen LogP contribution in [0.15, 0.2) is 42.5 Å². The number of rotatable bonds is 6. The number of amides is 2. The molecule has 0 N–H and O–H groups in total. The van der Waals surface area contributed by atoms with Gasteiger partial charge in [0.05, 0.1) is 12.7 Å². The van der Waals surface area contributed by atoms with Crippen molar-refractivity contribution in [3.8, 4) is 5.75 Å². The van der Waals surface area contributed by atoms with Gasteiger partial charge >= 0.3 is 6.36 Å². The van der Waals surface area contributed by atoms with Crippen LogP contribution in [0, 0.1) is 6.92 Å². The van der Waals surface area contributed by atoms with Gasteiger partial charge in [-0.1, -0.05) is 18.2 Å². The molecule has 2 aromatic rings. The Bertz CT molecular complexity index is 980. The minimum atomic E-state index is -4.76. The third-order valence-electron chi connectivity index (χ3n) is 5.13. The third-order valence-corrected chi connectivity index (χ3v) is 5.13. The minimum absolute atomic E-state index is 0.0873. The maximum atomic E-state index is 13.0.